The van der Waals surface area contributed by atoms with Crippen LogP contribution in [0.4, 0.5) is 4.39 Å². The summed E-state index contributed by atoms with van der Waals surface area (Å²) in [5.41, 5.74) is 0.598. The molecular weight excluding hydrogens is 438 g/mol. The summed E-state index contributed by atoms with van der Waals surface area (Å²) < 4.78 is 13.8. The first-order valence-corrected chi connectivity index (χ1v) is 8.84. The number of nitrogens with zero attached hydrogens (tertiary/aromatic N) is 2. The third-order valence-corrected chi connectivity index (χ3v) is 4.69. The molecule has 0 aromatic heterocycles. The molecule has 1 aliphatic rings. The van der Waals surface area contributed by atoms with Gasteiger partial charge < -0.3 is 9.80 Å². The summed E-state index contributed by atoms with van der Waals surface area (Å²) in [5.74, 6) is -0.291. The van der Waals surface area contributed by atoms with E-state index in [0.717, 1.165) is 44.5 Å². The molecule has 0 radical (unpaired) electrons. The van der Waals surface area contributed by atoms with E-state index >= 15 is 0 Å². The van der Waals surface area contributed by atoms with Gasteiger partial charge in [-0.1, -0.05) is 15.9 Å². The molecule has 0 atom stereocenters. The van der Waals surface area contributed by atoms with Crippen molar-refractivity contribution in [1.82, 2.24) is 9.80 Å². The van der Waals surface area contributed by atoms with Crippen molar-refractivity contribution in [1.29, 1.82) is 0 Å². The Morgan fingerprint density at radius 3 is 2.80 bits per heavy atom. The Morgan fingerprint density at radius 1 is 1.30 bits per heavy atom. The first kappa shape index (κ1) is 16.2. The molecule has 1 aromatic carbocycles. The molecule has 0 saturated carbocycles. The molecule has 0 aliphatic carbocycles. The fourth-order valence-electron chi connectivity index (χ4n) is 2.35. The van der Waals surface area contributed by atoms with Gasteiger partial charge in [-0.15, -0.1) is 0 Å². The van der Waals surface area contributed by atoms with Crippen molar-refractivity contribution in [3.8, 4) is 0 Å². The zero-order valence-electron chi connectivity index (χ0n) is 11.1. The van der Waals surface area contributed by atoms with Crippen LogP contribution >= 0.6 is 38.5 Å². The molecule has 0 spiro atoms. The van der Waals surface area contributed by atoms with Crippen molar-refractivity contribution in [3.05, 3.63) is 33.1 Å². The van der Waals surface area contributed by atoms with Crippen LogP contribution in [0.25, 0.3) is 0 Å². The molecule has 0 N–H and O–H groups in total. The number of carbonyl (C=O) groups is 1. The van der Waals surface area contributed by atoms with Gasteiger partial charge in [-0.05, 0) is 53.8 Å². The predicted octanol–water partition coefficient (Wildman–Crippen LogP) is 2.97. The smallest absolute Gasteiger partial charge is 0.254 e. The van der Waals surface area contributed by atoms with Crippen molar-refractivity contribution in [2.24, 2.45) is 0 Å². The summed E-state index contributed by atoms with van der Waals surface area (Å²) in [6, 6.07) is 4.34. The van der Waals surface area contributed by atoms with Crippen LogP contribution in [-0.2, 0) is 0 Å². The van der Waals surface area contributed by atoms with E-state index < -0.39 is 0 Å². The van der Waals surface area contributed by atoms with E-state index in [0.29, 0.717) is 9.13 Å². The lowest BCUT2D eigenvalue weighted by atomic mass is 10.2. The molecule has 6 heteroatoms. The highest BCUT2D eigenvalue weighted by Gasteiger charge is 2.21. The molecule has 1 saturated heterocycles. The lowest BCUT2D eigenvalue weighted by molar-refractivity contribution is 0.0760. The third kappa shape index (κ3) is 4.14. The number of rotatable bonds is 3. The lowest BCUT2D eigenvalue weighted by Crippen LogP contribution is -2.36. The largest absolute Gasteiger partial charge is 0.337 e. The van der Waals surface area contributed by atoms with Gasteiger partial charge in [0.2, 0.25) is 0 Å². The Labute approximate surface area is 140 Å². The number of halogens is 3. The van der Waals surface area contributed by atoms with Crippen LogP contribution in [0.5, 0.6) is 0 Å². The van der Waals surface area contributed by atoms with Gasteiger partial charge in [0.1, 0.15) is 5.82 Å². The van der Waals surface area contributed by atoms with E-state index in [1.54, 1.807) is 6.07 Å². The fraction of sp³-hybridized carbons (Fsp3) is 0.500. The molecule has 110 valence electrons. The molecule has 1 aliphatic heterocycles. The second kappa shape index (κ2) is 7.70. The average Bonchev–Trinajstić information content (AvgIpc) is 2.64. The van der Waals surface area contributed by atoms with Crippen LogP contribution in [-0.4, -0.2) is 53.8 Å². The molecule has 0 unspecified atom stereocenters. The number of carbonyl (C=O) groups excluding carboxylic acids is 1. The van der Waals surface area contributed by atoms with Gasteiger partial charge >= 0.3 is 0 Å². The molecule has 2 rings (SSSR count). The van der Waals surface area contributed by atoms with Gasteiger partial charge in [0, 0.05) is 35.1 Å². The average molecular weight is 455 g/mol. The van der Waals surface area contributed by atoms with Crippen molar-refractivity contribution < 1.29 is 9.18 Å². The number of alkyl halides is 1. The summed E-state index contributed by atoms with van der Waals surface area (Å²) in [5, 5.41) is 0.955. The Kier molecular flexibility index (Phi) is 6.22. The molecular formula is C14H17BrFIN2O. The Morgan fingerprint density at radius 2 is 2.10 bits per heavy atom. The quantitative estimate of drug-likeness (QED) is 0.517. The first-order chi connectivity index (χ1) is 9.61. The van der Waals surface area contributed by atoms with Crippen molar-refractivity contribution in [2.75, 3.05) is 38.1 Å². The summed E-state index contributed by atoms with van der Waals surface area (Å²) in [6.45, 7) is 4.44. The van der Waals surface area contributed by atoms with Crippen molar-refractivity contribution >= 4 is 44.4 Å². The van der Waals surface area contributed by atoms with Crippen molar-refractivity contribution in [2.45, 2.75) is 6.42 Å². The molecule has 1 heterocycles. The van der Waals surface area contributed by atoms with Gasteiger partial charge in [-0.2, -0.15) is 0 Å². The number of amides is 1. The van der Waals surface area contributed by atoms with Crippen LogP contribution in [0.3, 0.4) is 0 Å². The Hall–Kier alpha value is -0.210. The summed E-state index contributed by atoms with van der Waals surface area (Å²) >= 11 is 5.47. The summed E-state index contributed by atoms with van der Waals surface area (Å²) in [7, 11) is 0. The minimum absolute atomic E-state index is 0.00934. The van der Waals surface area contributed by atoms with E-state index in [4.69, 9.17) is 0 Å². The maximum Gasteiger partial charge on any atom is 0.254 e. The SMILES string of the molecule is O=C(c1ccc(F)cc1I)N1CCCN(CCBr)CC1. The maximum absolute atomic E-state index is 13.1. The zero-order valence-corrected chi connectivity index (χ0v) is 14.9. The molecule has 0 bridgehead atoms. The second-order valence-electron chi connectivity index (χ2n) is 4.80. The van der Waals surface area contributed by atoms with Crippen LogP contribution in [0, 0.1) is 9.39 Å². The Bertz CT molecular complexity index is 486. The minimum Gasteiger partial charge on any atom is -0.337 e. The van der Waals surface area contributed by atoms with E-state index in [9.17, 15) is 9.18 Å². The van der Waals surface area contributed by atoms with Crippen LogP contribution in [0.2, 0.25) is 0 Å². The Balaban J connectivity index is 2.05. The van der Waals surface area contributed by atoms with E-state index in [1.165, 1.54) is 12.1 Å². The van der Waals surface area contributed by atoms with Gasteiger partial charge in [-0.25, -0.2) is 4.39 Å². The summed E-state index contributed by atoms with van der Waals surface area (Å²) in [4.78, 5) is 16.8. The normalized spacial score (nSPS) is 17.1. The van der Waals surface area contributed by atoms with Crippen molar-refractivity contribution in [3.63, 3.8) is 0 Å². The second-order valence-corrected chi connectivity index (χ2v) is 6.76. The zero-order chi connectivity index (χ0) is 14.5. The van der Waals surface area contributed by atoms with Gasteiger partial charge in [0.15, 0.2) is 0 Å². The lowest BCUT2D eigenvalue weighted by Gasteiger charge is -2.22. The fourth-order valence-corrected chi connectivity index (χ4v) is 3.56. The minimum atomic E-state index is -0.301. The molecule has 1 amide bonds. The van der Waals surface area contributed by atoms with E-state index in [2.05, 4.69) is 20.8 Å². The molecule has 20 heavy (non-hydrogen) atoms. The van der Waals surface area contributed by atoms with Gasteiger partial charge in [-0.3, -0.25) is 4.79 Å². The highest BCUT2D eigenvalue weighted by molar-refractivity contribution is 14.1. The molecule has 1 aromatic rings. The first-order valence-electron chi connectivity index (χ1n) is 6.64. The van der Waals surface area contributed by atoms with Crippen LogP contribution < -0.4 is 0 Å². The van der Waals surface area contributed by atoms with Gasteiger partial charge in [0.05, 0.1) is 5.56 Å². The monoisotopic (exact) mass is 454 g/mol. The number of hydrogen-bond donors (Lipinski definition) is 0. The third-order valence-electron chi connectivity index (χ3n) is 3.44. The maximum atomic E-state index is 13.1. The number of benzene rings is 1. The topological polar surface area (TPSA) is 23.6 Å². The van der Waals surface area contributed by atoms with E-state index in [1.807, 2.05) is 27.5 Å². The highest BCUT2D eigenvalue weighted by Crippen LogP contribution is 2.17. The summed E-state index contributed by atoms with van der Waals surface area (Å²) in [6.07, 6.45) is 0.983. The predicted molar refractivity (Wildman–Crippen MR) is 89.9 cm³/mol. The van der Waals surface area contributed by atoms with Crippen LogP contribution in [0.1, 0.15) is 16.8 Å². The molecule has 1 fully saturated rings. The number of hydrogen-bond acceptors (Lipinski definition) is 2. The standard InChI is InChI=1S/C14H17BrFIN2O/c15-4-7-18-5-1-6-19(9-8-18)14(20)12-3-2-11(16)10-13(12)17/h2-3,10H,1,4-9H2. The highest BCUT2D eigenvalue weighted by atomic mass is 127. The van der Waals surface area contributed by atoms with Gasteiger partial charge in [0.25, 0.3) is 5.91 Å². The van der Waals surface area contributed by atoms with E-state index in [-0.39, 0.29) is 11.7 Å². The molecule has 3 nitrogen and oxygen atoms in total. The van der Waals surface area contributed by atoms with Crippen LogP contribution in [0.15, 0.2) is 18.2 Å².